The van der Waals surface area contributed by atoms with Crippen molar-refractivity contribution in [1.29, 1.82) is 0 Å². The van der Waals surface area contributed by atoms with Crippen LogP contribution in [-0.4, -0.2) is 69.4 Å². The Balaban J connectivity index is 5.04. The molecule has 1 amide bonds. The predicted molar refractivity (Wildman–Crippen MR) is 358 cm³/mol. The van der Waals surface area contributed by atoms with E-state index in [-0.39, 0.29) is 31.5 Å². The zero-order chi connectivity index (χ0) is 60.7. The molecule has 9 nitrogen and oxygen atoms in total. The lowest BCUT2D eigenvalue weighted by Gasteiger charge is -2.30. The average Bonchev–Trinajstić information content (AvgIpc) is 3.46. The lowest BCUT2D eigenvalue weighted by Crippen LogP contribution is -2.47. The van der Waals surface area contributed by atoms with E-state index in [1.54, 1.807) is 0 Å². The molecule has 0 aliphatic rings. The SMILES string of the molecule is CCCCC/C=C\C/C=C\CCCCCCCCCCCCCCCCCC(=O)NC(COP(=O)([O-])OCC[N+](C)(C)C)C(/C=C\CCCCCCCCCCCCC)OC(=O)CCCCCCCCCCCCCCCCCCCCC. The predicted octanol–water partition coefficient (Wildman–Crippen LogP) is 22.4. The molecule has 0 heterocycles. The Labute approximate surface area is 516 Å². The smallest absolute Gasteiger partial charge is 0.306 e. The van der Waals surface area contributed by atoms with Crippen molar-refractivity contribution in [3.05, 3.63) is 36.5 Å². The van der Waals surface area contributed by atoms with E-state index in [4.69, 9.17) is 13.8 Å². The highest BCUT2D eigenvalue weighted by molar-refractivity contribution is 7.45. The molecule has 3 atom stereocenters. The standard InChI is InChI=1S/C73H141N2O7P/c1-7-10-13-16-19-22-25-28-30-32-34-35-36-37-38-39-41-42-44-47-50-53-56-59-62-65-72(76)74-70(69-81-83(78,79)80-68-67-75(4,5)6)71(64-61-58-55-52-49-46-27-24-21-18-15-12-9-3)82-73(77)66-63-60-57-54-51-48-45-43-40-33-31-29-26-23-20-17-14-11-8-2/h19,22,28,30,61,64,70-71H,7-18,20-21,23-27,29,31-60,62-63,65-69H2,1-6H3,(H-,74,76,78,79)/b22-19-,30-28-,64-61-. The molecule has 3 unspecified atom stereocenters. The molecular formula is C73H141N2O7P. The Morgan fingerprint density at radius 3 is 1.11 bits per heavy atom. The average molecular weight is 1190 g/mol. The molecule has 0 aliphatic heterocycles. The van der Waals surface area contributed by atoms with Crippen LogP contribution in [0.4, 0.5) is 0 Å². The van der Waals surface area contributed by atoms with Crippen molar-refractivity contribution in [2.75, 3.05) is 40.9 Å². The maximum Gasteiger partial charge on any atom is 0.306 e. The van der Waals surface area contributed by atoms with E-state index in [1.807, 2.05) is 33.3 Å². The van der Waals surface area contributed by atoms with Crippen LogP contribution in [0.15, 0.2) is 36.5 Å². The second-order valence-corrected chi connectivity index (χ2v) is 27.5. The Morgan fingerprint density at radius 2 is 0.735 bits per heavy atom. The zero-order valence-corrected chi connectivity index (χ0v) is 57.1. The molecule has 1 N–H and O–H groups in total. The largest absolute Gasteiger partial charge is 0.756 e. The molecule has 0 aromatic carbocycles. The fourth-order valence-electron chi connectivity index (χ4n) is 11.0. The first-order valence-corrected chi connectivity index (χ1v) is 37.8. The van der Waals surface area contributed by atoms with Gasteiger partial charge in [-0.2, -0.15) is 0 Å². The van der Waals surface area contributed by atoms with Crippen LogP contribution >= 0.6 is 7.82 Å². The molecule has 490 valence electrons. The van der Waals surface area contributed by atoms with E-state index < -0.39 is 20.0 Å². The molecule has 0 rings (SSSR count). The van der Waals surface area contributed by atoms with Crippen molar-refractivity contribution in [1.82, 2.24) is 5.32 Å². The van der Waals surface area contributed by atoms with Crippen molar-refractivity contribution in [2.24, 2.45) is 0 Å². The normalized spacial score (nSPS) is 13.7. The van der Waals surface area contributed by atoms with Gasteiger partial charge in [0, 0.05) is 12.8 Å². The summed E-state index contributed by atoms with van der Waals surface area (Å²) in [5.41, 5.74) is 0. The molecule has 0 saturated heterocycles. The Kier molecular flexibility index (Phi) is 61.9. The third kappa shape index (κ3) is 64.5. The fraction of sp³-hybridized carbons (Fsp3) is 0.890. The number of ether oxygens (including phenoxy) is 1. The highest BCUT2D eigenvalue weighted by atomic mass is 31.2. The van der Waals surface area contributed by atoms with Crippen molar-refractivity contribution >= 4 is 19.7 Å². The molecule has 0 bridgehead atoms. The van der Waals surface area contributed by atoms with E-state index in [2.05, 4.69) is 50.4 Å². The molecule has 0 saturated carbocycles. The van der Waals surface area contributed by atoms with E-state index in [0.717, 1.165) is 64.2 Å². The van der Waals surface area contributed by atoms with E-state index in [0.29, 0.717) is 17.4 Å². The molecule has 83 heavy (non-hydrogen) atoms. The number of amides is 1. The number of phosphoric ester groups is 1. The zero-order valence-electron chi connectivity index (χ0n) is 56.2. The van der Waals surface area contributed by atoms with E-state index >= 15 is 0 Å². The molecule has 0 spiro atoms. The van der Waals surface area contributed by atoms with Crippen molar-refractivity contribution in [3.8, 4) is 0 Å². The monoisotopic (exact) mass is 1190 g/mol. The van der Waals surface area contributed by atoms with Crippen LogP contribution in [0.2, 0.25) is 0 Å². The molecule has 0 fully saturated rings. The number of nitrogens with zero attached hydrogens (tertiary/aromatic N) is 1. The van der Waals surface area contributed by atoms with Crippen molar-refractivity contribution in [2.45, 2.75) is 380 Å². The summed E-state index contributed by atoms with van der Waals surface area (Å²) in [7, 11) is 1.20. The van der Waals surface area contributed by atoms with Crippen LogP contribution in [0.1, 0.15) is 367 Å². The number of allylic oxidation sites excluding steroid dienone is 5. The lowest BCUT2D eigenvalue weighted by molar-refractivity contribution is -0.870. The molecule has 0 aliphatic carbocycles. The van der Waals surface area contributed by atoms with Gasteiger partial charge < -0.3 is 28.5 Å². The summed E-state index contributed by atoms with van der Waals surface area (Å²) in [5.74, 6) is -0.518. The summed E-state index contributed by atoms with van der Waals surface area (Å²) in [5, 5.41) is 3.05. The molecule has 0 radical (unpaired) electrons. The Bertz CT molecular complexity index is 1510. The summed E-state index contributed by atoms with van der Waals surface area (Å²) in [6.45, 7) is 6.89. The minimum Gasteiger partial charge on any atom is -0.756 e. The first-order chi connectivity index (χ1) is 40.4. The molecule has 0 aromatic rings. The van der Waals surface area contributed by atoms with Gasteiger partial charge in [0.25, 0.3) is 7.82 Å². The minimum atomic E-state index is -4.70. The number of hydrogen-bond acceptors (Lipinski definition) is 7. The number of esters is 1. The van der Waals surface area contributed by atoms with Gasteiger partial charge in [0.2, 0.25) is 5.91 Å². The topological polar surface area (TPSA) is 114 Å². The number of carbonyl (C=O) groups excluding carboxylic acids is 2. The second kappa shape index (κ2) is 63.3. The Hall–Kier alpha value is -1.77. The van der Waals surface area contributed by atoms with Crippen LogP contribution in [0.5, 0.6) is 0 Å². The van der Waals surface area contributed by atoms with Gasteiger partial charge in [-0.25, -0.2) is 0 Å². The molecule has 10 heteroatoms. The number of quaternary nitrogens is 1. The number of phosphoric acid groups is 1. The number of nitrogens with one attached hydrogen (secondary N) is 1. The van der Waals surface area contributed by atoms with Crippen LogP contribution in [0, 0.1) is 0 Å². The van der Waals surface area contributed by atoms with E-state index in [1.165, 1.54) is 270 Å². The molecular weight excluding hydrogens is 1050 g/mol. The van der Waals surface area contributed by atoms with Gasteiger partial charge in [0.05, 0.1) is 33.8 Å². The fourth-order valence-corrected chi connectivity index (χ4v) is 11.7. The molecule has 0 aromatic heterocycles. The first-order valence-electron chi connectivity index (χ1n) is 36.3. The summed E-state index contributed by atoms with van der Waals surface area (Å²) < 4.78 is 30.5. The minimum absolute atomic E-state index is 0.0188. The van der Waals surface area contributed by atoms with Crippen LogP contribution < -0.4 is 10.2 Å². The number of carbonyl (C=O) groups is 2. The summed E-state index contributed by atoms with van der Waals surface area (Å²) in [6, 6.07) is -0.885. The second-order valence-electron chi connectivity index (χ2n) is 26.1. The van der Waals surface area contributed by atoms with Crippen LogP contribution in [0.3, 0.4) is 0 Å². The van der Waals surface area contributed by atoms with Gasteiger partial charge in [-0.3, -0.25) is 14.2 Å². The van der Waals surface area contributed by atoms with Gasteiger partial charge in [-0.1, -0.05) is 327 Å². The van der Waals surface area contributed by atoms with Gasteiger partial charge in [0.1, 0.15) is 19.3 Å². The van der Waals surface area contributed by atoms with Crippen LogP contribution in [0.25, 0.3) is 0 Å². The number of rotatable bonds is 67. The highest BCUT2D eigenvalue weighted by Crippen LogP contribution is 2.38. The summed E-state index contributed by atoms with van der Waals surface area (Å²) in [6.07, 6.45) is 78.4. The third-order valence-corrected chi connectivity index (χ3v) is 17.5. The number of hydrogen-bond donors (Lipinski definition) is 1. The van der Waals surface area contributed by atoms with Gasteiger partial charge in [0.15, 0.2) is 0 Å². The maximum atomic E-state index is 13.6. The Morgan fingerprint density at radius 1 is 0.422 bits per heavy atom. The maximum absolute atomic E-state index is 13.6. The number of unbranched alkanes of at least 4 members (excludes halogenated alkanes) is 47. The lowest BCUT2D eigenvalue weighted by atomic mass is 10.0. The van der Waals surface area contributed by atoms with Crippen LogP contribution in [-0.2, 0) is 27.9 Å². The number of likely N-dealkylation sites (N-methyl/N-ethyl adjacent to an activating group) is 1. The first kappa shape index (κ1) is 81.2. The van der Waals surface area contributed by atoms with Gasteiger partial charge in [-0.15, -0.1) is 0 Å². The van der Waals surface area contributed by atoms with E-state index in [9.17, 15) is 19.0 Å². The van der Waals surface area contributed by atoms with Crippen molar-refractivity contribution in [3.63, 3.8) is 0 Å². The summed E-state index contributed by atoms with van der Waals surface area (Å²) in [4.78, 5) is 40.2. The van der Waals surface area contributed by atoms with Crippen molar-refractivity contribution < 1.29 is 37.3 Å². The highest BCUT2D eigenvalue weighted by Gasteiger charge is 2.27. The van der Waals surface area contributed by atoms with Gasteiger partial charge in [-0.05, 0) is 63.9 Å². The van der Waals surface area contributed by atoms with Gasteiger partial charge >= 0.3 is 5.97 Å². The summed E-state index contributed by atoms with van der Waals surface area (Å²) >= 11 is 0. The quantitative estimate of drug-likeness (QED) is 0.0212. The third-order valence-electron chi connectivity index (χ3n) is 16.6.